The Kier molecular flexibility index (Phi) is 6.33. The number of carbonyl (C=O) groups excluding carboxylic acids is 1. The highest BCUT2D eigenvalue weighted by molar-refractivity contribution is 5.90. The SMILES string of the molecule is C=C(C(=O)OCC)[C@H](Cc1c(C#N)c(=O)oc2cc(OC)ccc12)c1ccccc1. The Hall–Kier alpha value is -3.85. The Labute approximate surface area is 174 Å². The zero-order valence-electron chi connectivity index (χ0n) is 16.8. The Bertz CT molecular complexity index is 1190. The fourth-order valence-electron chi connectivity index (χ4n) is 3.40. The smallest absolute Gasteiger partial charge is 0.354 e. The van der Waals surface area contributed by atoms with Crippen molar-refractivity contribution in [2.75, 3.05) is 13.7 Å². The van der Waals surface area contributed by atoms with Crippen molar-refractivity contribution in [1.82, 2.24) is 0 Å². The van der Waals surface area contributed by atoms with Gasteiger partial charge in [0, 0.05) is 22.9 Å². The standard InChI is InChI=1S/C24H21NO5/c1-4-29-23(26)15(2)19(16-8-6-5-7-9-16)13-20-18-11-10-17(28-3)12-22(18)30-24(27)21(20)14-25/h5-12,19H,2,4,13H2,1,3H3/t19-/m0/s1. The van der Waals surface area contributed by atoms with Gasteiger partial charge in [0.2, 0.25) is 0 Å². The molecular weight excluding hydrogens is 382 g/mol. The van der Waals surface area contributed by atoms with Crippen molar-refractivity contribution in [2.24, 2.45) is 0 Å². The van der Waals surface area contributed by atoms with Crippen molar-refractivity contribution in [1.29, 1.82) is 5.26 Å². The number of hydrogen-bond donors (Lipinski definition) is 0. The third-order valence-electron chi connectivity index (χ3n) is 4.90. The van der Waals surface area contributed by atoms with E-state index in [4.69, 9.17) is 13.9 Å². The van der Waals surface area contributed by atoms with Gasteiger partial charge in [0.05, 0.1) is 13.7 Å². The zero-order chi connectivity index (χ0) is 21.7. The molecule has 6 nitrogen and oxygen atoms in total. The molecule has 30 heavy (non-hydrogen) atoms. The summed E-state index contributed by atoms with van der Waals surface area (Å²) in [6, 6.07) is 16.3. The second-order valence-electron chi connectivity index (χ2n) is 6.63. The van der Waals surface area contributed by atoms with Crippen LogP contribution in [0.2, 0.25) is 0 Å². The Balaban J connectivity index is 2.19. The minimum absolute atomic E-state index is 0.0924. The average molecular weight is 403 g/mol. The first-order valence-electron chi connectivity index (χ1n) is 9.44. The molecular formula is C24H21NO5. The molecule has 0 saturated carbocycles. The highest BCUT2D eigenvalue weighted by Gasteiger charge is 2.26. The highest BCUT2D eigenvalue weighted by Crippen LogP contribution is 2.33. The lowest BCUT2D eigenvalue weighted by molar-refractivity contribution is -0.138. The molecule has 3 rings (SSSR count). The van der Waals surface area contributed by atoms with E-state index in [1.54, 1.807) is 25.1 Å². The highest BCUT2D eigenvalue weighted by atomic mass is 16.5. The predicted octanol–water partition coefficient (Wildman–Crippen LogP) is 4.12. The second-order valence-corrected chi connectivity index (χ2v) is 6.63. The minimum Gasteiger partial charge on any atom is -0.497 e. The molecule has 6 heteroatoms. The molecule has 3 aromatic rings. The van der Waals surface area contributed by atoms with Crippen molar-refractivity contribution >= 4 is 16.9 Å². The summed E-state index contributed by atoms with van der Waals surface area (Å²) >= 11 is 0. The van der Waals surface area contributed by atoms with Crippen LogP contribution in [0.5, 0.6) is 5.75 Å². The number of benzene rings is 2. The van der Waals surface area contributed by atoms with Crippen LogP contribution in [0.15, 0.2) is 69.9 Å². The average Bonchev–Trinajstić information content (AvgIpc) is 2.77. The lowest BCUT2D eigenvalue weighted by Crippen LogP contribution is -2.18. The first kappa shape index (κ1) is 20.9. The number of hydrogen-bond acceptors (Lipinski definition) is 6. The number of carbonyl (C=O) groups is 1. The van der Waals surface area contributed by atoms with Crippen molar-refractivity contribution < 1.29 is 18.7 Å². The summed E-state index contributed by atoms with van der Waals surface area (Å²) in [4.78, 5) is 24.9. The summed E-state index contributed by atoms with van der Waals surface area (Å²) in [5, 5.41) is 10.2. The molecule has 0 amide bonds. The minimum atomic E-state index is -0.734. The fraction of sp³-hybridized carbons (Fsp3) is 0.208. The van der Waals surface area contributed by atoms with Crippen LogP contribution in [0.1, 0.15) is 29.5 Å². The number of nitrogens with zero attached hydrogens (tertiary/aromatic N) is 1. The van der Waals surface area contributed by atoms with Crippen molar-refractivity contribution in [2.45, 2.75) is 19.3 Å². The van der Waals surface area contributed by atoms with Crippen LogP contribution in [-0.4, -0.2) is 19.7 Å². The maximum absolute atomic E-state index is 12.5. The molecule has 0 aliphatic rings. The number of nitriles is 1. The van der Waals surface area contributed by atoms with Crippen LogP contribution < -0.4 is 10.4 Å². The van der Waals surface area contributed by atoms with Gasteiger partial charge in [0.15, 0.2) is 0 Å². The van der Waals surface area contributed by atoms with Crippen LogP contribution >= 0.6 is 0 Å². The quantitative estimate of drug-likeness (QED) is 0.335. The van der Waals surface area contributed by atoms with Crippen LogP contribution in [0, 0.1) is 11.3 Å². The molecule has 0 saturated heterocycles. The Morgan fingerprint density at radius 3 is 2.60 bits per heavy atom. The van der Waals surface area contributed by atoms with Crippen LogP contribution in [0.3, 0.4) is 0 Å². The number of ether oxygens (including phenoxy) is 2. The van der Waals surface area contributed by atoms with Gasteiger partial charge in [-0.25, -0.2) is 9.59 Å². The maximum Gasteiger partial charge on any atom is 0.354 e. The number of esters is 1. The third-order valence-corrected chi connectivity index (χ3v) is 4.90. The topological polar surface area (TPSA) is 89.5 Å². The summed E-state index contributed by atoms with van der Waals surface area (Å²) < 4.78 is 15.7. The van der Waals surface area contributed by atoms with Crippen LogP contribution in [0.4, 0.5) is 0 Å². The van der Waals surface area contributed by atoms with Gasteiger partial charge >= 0.3 is 11.6 Å². The summed E-state index contributed by atoms with van der Waals surface area (Å²) in [5.41, 5.74) is 1.05. The van der Waals surface area contributed by atoms with E-state index in [0.717, 1.165) is 5.56 Å². The van der Waals surface area contributed by atoms with Gasteiger partial charge in [-0.2, -0.15) is 5.26 Å². The van der Waals surface area contributed by atoms with Crippen LogP contribution in [-0.2, 0) is 16.0 Å². The predicted molar refractivity (Wildman–Crippen MR) is 112 cm³/mol. The fourth-order valence-corrected chi connectivity index (χ4v) is 3.40. The summed E-state index contributed by atoms with van der Waals surface area (Å²) in [5.74, 6) is -0.472. The molecule has 1 heterocycles. The first-order chi connectivity index (χ1) is 14.5. The van der Waals surface area contributed by atoms with Gasteiger partial charge in [-0.3, -0.25) is 0 Å². The number of fused-ring (bicyclic) bond motifs is 1. The normalized spacial score (nSPS) is 11.5. The van der Waals surface area contributed by atoms with Gasteiger partial charge in [0.25, 0.3) is 0 Å². The lowest BCUT2D eigenvalue weighted by Gasteiger charge is -2.20. The molecule has 1 atom stereocenters. The Morgan fingerprint density at radius 2 is 1.97 bits per heavy atom. The van der Waals surface area contributed by atoms with E-state index in [1.165, 1.54) is 7.11 Å². The molecule has 0 radical (unpaired) electrons. The second kappa shape index (κ2) is 9.10. The molecule has 0 aliphatic heterocycles. The van der Waals surface area contributed by atoms with Crippen molar-refractivity contribution in [3.63, 3.8) is 0 Å². The molecule has 0 fully saturated rings. The first-order valence-corrected chi connectivity index (χ1v) is 9.44. The van der Waals surface area contributed by atoms with Gasteiger partial charge in [-0.15, -0.1) is 0 Å². The molecule has 0 aliphatic carbocycles. The monoisotopic (exact) mass is 403 g/mol. The van der Waals surface area contributed by atoms with E-state index in [0.29, 0.717) is 22.3 Å². The van der Waals surface area contributed by atoms with E-state index in [9.17, 15) is 14.9 Å². The summed E-state index contributed by atoms with van der Waals surface area (Å²) in [6.45, 7) is 5.90. The van der Waals surface area contributed by atoms with E-state index < -0.39 is 17.5 Å². The largest absolute Gasteiger partial charge is 0.497 e. The van der Waals surface area contributed by atoms with E-state index >= 15 is 0 Å². The number of methoxy groups -OCH3 is 1. The lowest BCUT2D eigenvalue weighted by atomic mass is 9.84. The molecule has 0 N–H and O–H groups in total. The van der Waals surface area contributed by atoms with Crippen LogP contribution in [0.25, 0.3) is 11.0 Å². The molecule has 152 valence electrons. The van der Waals surface area contributed by atoms with E-state index in [2.05, 4.69) is 6.58 Å². The summed E-state index contributed by atoms with van der Waals surface area (Å²) in [6.07, 6.45) is 0.207. The number of rotatable bonds is 7. The van der Waals surface area contributed by atoms with Crippen molar-refractivity contribution in [3.05, 3.63) is 87.8 Å². The maximum atomic E-state index is 12.5. The molecule has 0 bridgehead atoms. The zero-order valence-corrected chi connectivity index (χ0v) is 16.8. The van der Waals surface area contributed by atoms with Gasteiger partial charge in [-0.1, -0.05) is 36.9 Å². The van der Waals surface area contributed by atoms with E-state index in [-0.39, 0.29) is 24.2 Å². The van der Waals surface area contributed by atoms with E-state index in [1.807, 2.05) is 36.4 Å². The summed E-state index contributed by atoms with van der Waals surface area (Å²) in [7, 11) is 1.51. The van der Waals surface area contributed by atoms with Gasteiger partial charge in [-0.05, 0) is 36.6 Å². The molecule has 1 aromatic heterocycles. The molecule has 0 spiro atoms. The van der Waals surface area contributed by atoms with Gasteiger partial charge in [0.1, 0.15) is 23.0 Å². The third kappa shape index (κ3) is 4.11. The Morgan fingerprint density at radius 1 is 1.23 bits per heavy atom. The molecule has 0 unspecified atom stereocenters. The molecule has 2 aromatic carbocycles. The van der Waals surface area contributed by atoms with Crippen molar-refractivity contribution in [3.8, 4) is 11.8 Å². The van der Waals surface area contributed by atoms with Gasteiger partial charge < -0.3 is 13.9 Å².